The van der Waals surface area contributed by atoms with Crippen LogP contribution in [0.1, 0.15) is 35.6 Å². The van der Waals surface area contributed by atoms with E-state index in [4.69, 9.17) is 8.83 Å². The van der Waals surface area contributed by atoms with Crippen molar-refractivity contribution >= 4 is 27.8 Å². The molecule has 0 unspecified atom stereocenters. The normalized spacial score (nSPS) is 12.1. The molecule has 3 N–H and O–H groups in total. The lowest BCUT2D eigenvalue weighted by Gasteiger charge is -2.29. The molecule has 0 bridgehead atoms. The molecule has 7 nitrogen and oxygen atoms in total. The van der Waals surface area contributed by atoms with Gasteiger partial charge in [-0.25, -0.2) is 4.79 Å². The number of carbonyl (C=O) groups is 1. The van der Waals surface area contributed by atoms with Crippen LogP contribution in [-0.2, 0) is 11.2 Å². The van der Waals surface area contributed by atoms with Gasteiger partial charge in [-0.15, -0.1) is 0 Å². The summed E-state index contributed by atoms with van der Waals surface area (Å²) < 4.78 is 11.2. The van der Waals surface area contributed by atoms with Crippen molar-refractivity contribution in [3.8, 4) is 0 Å². The Morgan fingerprint density at radius 1 is 1.14 bits per heavy atom. The summed E-state index contributed by atoms with van der Waals surface area (Å²) in [5.74, 6) is -0.473. The van der Waals surface area contributed by atoms with E-state index in [9.17, 15) is 19.8 Å². The van der Waals surface area contributed by atoms with Crippen LogP contribution in [0.2, 0.25) is 0 Å². The number of amides is 1. The van der Waals surface area contributed by atoms with E-state index in [0.717, 1.165) is 16.5 Å². The first-order chi connectivity index (χ1) is 13.3. The van der Waals surface area contributed by atoms with E-state index in [1.807, 2.05) is 13.8 Å². The van der Waals surface area contributed by atoms with E-state index in [2.05, 4.69) is 5.32 Å². The Balaban J connectivity index is 2.10. The topological polar surface area (TPSA) is 113 Å². The minimum atomic E-state index is -1.12. The predicted octanol–water partition coefficient (Wildman–Crippen LogP) is 2.26. The van der Waals surface area contributed by atoms with E-state index in [0.29, 0.717) is 28.5 Å². The average molecular weight is 387 g/mol. The maximum absolute atomic E-state index is 12.5. The van der Waals surface area contributed by atoms with E-state index < -0.39 is 30.3 Å². The molecule has 28 heavy (non-hydrogen) atoms. The van der Waals surface area contributed by atoms with E-state index in [-0.39, 0.29) is 12.0 Å². The number of aliphatic hydroxyl groups excluding tert-OH is 2. The second kappa shape index (κ2) is 7.41. The first kappa shape index (κ1) is 20.1. The van der Waals surface area contributed by atoms with Gasteiger partial charge in [0.05, 0.1) is 42.4 Å². The first-order valence-corrected chi connectivity index (χ1v) is 9.23. The summed E-state index contributed by atoms with van der Waals surface area (Å²) in [5.41, 5.74) is 2.12. The highest BCUT2D eigenvalue weighted by Gasteiger charge is 2.29. The standard InChI is InChI=1S/C21H25NO6/c1-5-21(9-23,10-24)22-16(25)7-14-13(4)18-15(28-20(14)26)6-11(2)17-12(3)8-27-19(17)18/h6,8,23-24H,5,7,9-10H2,1-4H3,(H,22,25). The van der Waals surface area contributed by atoms with Gasteiger partial charge in [-0.3, -0.25) is 4.79 Å². The lowest BCUT2D eigenvalue weighted by Crippen LogP contribution is -2.54. The van der Waals surface area contributed by atoms with E-state index in [1.165, 1.54) is 0 Å². The van der Waals surface area contributed by atoms with Crippen molar-refractivity contribution in [1.82, 2.24) is 5.32 Å². The lowest BCUT2D eigenvalue weighted by atomic mass is 9.96. The highest BCUT2D eigenvalue weighted by atomic mass is 16.4. The second-order valence-corrected chi connectivity index (χ2v) is 7.36. The molecule has 0 saturated heterocycles. The number of nitrogens with one attached hydrogen (secondary N) is 1. The molecule has 2 aromatic heterocycles. The number of aryl methyl sites for hydroxylation is 3. The number of fused-ring (bicyclic) bond motifs is 3. The van der Waals surface area contributed by atoms with Crippen molar-refractivity contribution in [2.24, 2.45) is 0 Å². The molecule has 0 aliphatic rings. The van der Waals surface area contributed by atoms with Crippen LogP contribution in [0.4, 0.5) is 0 Å². The van der Waals surface area contributed by atoms with E-state index in [1.54, 1.807) is 26.2 Å². The Labute approximate surface area is 162 Å². The smallest absolute Gasteiger partial charge is 0.340 e. The van der Waals surface area contributed by atoms with Crippen LogP contribution < -0.4 is 10.9 Å². The number of rotatable bonds is 6. The van der Waals surface area contributed by atoms with Crippen LogP contribution in [0.25, 0.3) is 21.9 Å². The minimum absolute atomic E-state index is 0.221. The third-order valence-electron chi connectivity index (χ3n) is 5.49. The molecule has 1 aromatic carbocycles. The van der Waals surface area contributed by atoms with Gasteiger partial charge < -0.3 is 24.4 Å². The van der Waals surface area contributed by atoms with Crippen LogP contribution in [-0.4, -0.2) is 34.9 Å². The summed E-state index contributed by atoms with van der Waals surface area (Å²) in [6, 6.07) is 1.80. The molecule has 0 aliphatic carbocycles. The maximum atomic E-state index is 12.5. The summed E-state index contributed by atoms with van der Waals surface area (Å²) in [5, 5.41) is 23.3. The van der Waals surface area contributed by atoms with Gasteiger partial charge in [0.2, 0.25) is 5.91 Å². The summed E-state index contributed by atoms with van der Waals surface area (Å²) in [6.45, 7) is 6.59. The Kier molecular flexibility index (Phi) is 5.32. The van der Waals surface area contributed by atoms with Gasteiger partial charge in [0.25, 0.3) is 0 Å². The van der Waals surface area contributed by atoms with Crippen molar-refractivity contribution in [2.45, 2.75) is 46.1 Å². The highest BCUT2D eigenvalue weighted by Crippen LogP contribution is 2.34. The monoisotopic (exact) mass is 387 g/mol. The maximum Gasteiger partial charge on any atom is 0.340 e. The van der Waals surface area contributed by atoms with E-state index >= 15 is 0 Å². The molecule has 0 saturated carbocycles. The van der Waals surface area contributed by atoms with Crippen molar-refractivity contribution in [3.05, 3.63) is 45.0 Å². The first-order valence-electron chi connectivity index (χ1n) is 9.23. The second-order valence-electron chi connectivity index (χ2n) is 7.36. The third-order valence-corrected chi connectivity index (χ3v) is 5.49. The fourth-order valence-electron chi connectivity index (χ4n) is 3.62. The largest absolute Gasteiger partial charge is 0.463 e. The third kappa shape index (κ3) is 3.21. The molecule has 7 heteroatoms. The van der Waals surface area contributed by atoms with Crippen molar-refractivity contribution in [2.75, 3.05) is 13.2 Å². The van der Waals surface area contributed by atoms with Crippen molar-refractivity contribution in [1.29, 1.82) is 0 Å². The van der Waals surface area contributed by atoms with Gasteiger partial charge >= 0.3 is 5.63 Å². The molecule has 0 aliphatic heterocycles. The fourth-order valence-corrected chi connectivity index (χ4v) is 3.62. The molecule has 0 fully saturated rings. The molecule has 3 aromatic rings. The molecule has 150 valence electrons. The minimum Gasteiger partial charge on any atom is -0.463 e. The van der Waals surface area contributed by atoms with Gasteiger partial charge in [-0.2, -0.15) is 0 Å². The summed E-state index contributed by atoms with van der Waals surface area (Å²) in [7, 11) is 0. The van der Waals surface area contributed by atoms with Crippen LogP contribution in [0.15, 0.2) is 26.0 Å². The van der Waals surface area contributed by atoms with Crippen LogP contribution in [0, 0.1) is 20.8 Å². The van der Waals surface area contributed by atoms with Gasteiger partial charge in [0, 0.05) is 5.39 Å². The zero-order valence-corrected chi connectivity index (χ0v) is 16.5. The molecule has 1 amide bonds. The molecule has 0 spiro atoms. The number of hydrogen-bond donors (Lipinski definition) is 3. The Bertz CT molecular complexity index is 1100. The molecular weight excluding hydrogens is 362 g/mol. The Morgan fingerprint density at radius 3 is 2.43 bits per heavy atom. The summed E-state index contributed by atoms with van der Waals surface area (Å²) in [4.78, 5) is 25.1. The van der Waals surface area contributed by atoms with Crippen LogP contribution in [0.5, 0.6) is 0 Å². The number of furan rings is 1. The molecule has 2 heterocycles. The van der Waals surface area contributed by atoms with Gasteiger partial charge in [0.15, 0.2) is 0 Å². The van der Waals surface area contributed by atoms with Crippen LogP contribution >= 0.6 is 0 Å². The summed E-state index contributed by atoms with van der Waals surface area (Å²) in [6.07, 6.45) is 1.79. The van der Waals surface area contributed by atoms with Gasteiger partial charge in [-0.05, 0) is 49.9 Å². The van der Waals surface area contributed by atoms with Gasteiger partial charge in [-0.1, -0.05) is 6.92 Å². The number of hydrogen-bond acceptors (Lipinski definition) is 6. The fraction of sp³-hybridized carbons (Fsp3) is 0.429. The molecular formula is C21H25NO6. The average Bonchev–Trinajstić information content (AvgIpc) is 3.05. The Hall–Kier alpha value is -2.64. The lowest BCUT2D eigenvalue weighted by molar-refractivity contribution is -0.123. The van der Waals surface area contributed by atoms with Crippen molar-refractivity contribution < 1.29 is 23.8 Å². The zero-order valence-electron chi connectivity index (χ0n) is 16.5. The van der Waals surface area contributed by atoms with Crippen LogP contribution in [0.3, 0.4) is 0 Å². The zero-order chi connectivity index (χ0) is 20.6. The number of benzene rings is 1. The van der Waals surface area contributed by atoms with Crippen molar-refractivity contribution in [3.63, 3.8) is 0 Å². The Morgan fingerprint density at radius 2 is 1.82 bits per heavy atom. The predicted molar refractivity (Wildman–Crippen MR) is 106 cm³/mol. The molecule has 0 radical (unpaired) electrons. The quantitative estimate of drug-likeness (QED) is 0.559. The molecule has 0 atom stereocenters. The summed E-state index contributed by atoms with van der Waals surface area (Å²) >= 11 is 0. The van der Waals surface area contributed by atoms with Gasteiger partial charge in [0.1, 0.15) is 11.2 Å². The number of carbonyl (C=O) groups excluding carboxylic acids is 1. The SMILES string of the molecule is CCC(CO)(CO)NC(=O)Cc1c(C)c2c(cc(C)c3c(C)coc32)oc1=O. The number of aliphatic hydroxyl groups is 2. The highest BCUT2D eigenvalue weighted by molar-refractivity contribution is 6.07. The molecule has 3 rings (SSSR count).